The molecule has 88 valence electrons. The Kier molecular flexibility index (Phi) is 7.63. The standard InChI is InChI=1S/C14H19BrS/c1-2-3-4-5-6-7-8-9-10-13-11-16-12-14(13)15/h11-12H,2-8H2,1H3. The maximum Gasteiger partial charge on any atom is 0.0494 e. The summed E-state index contributed by atoms with van der Waals surface area (Å²) < 4.78 is 1.13. The number of thiophene rings is 1. The molecule has 16 heavy (non-hydrogen) atoms. The largest absolute Gasteiger partial charge is 0.150 e. The van der Waals surface area contributed by atoms with Crippen molar-refractivity contribution < 1.29 is 0 Å². The third kappa shape index (κ3) is 5.72. The minimum atomic E-state index is 1.04. The Morgan fingerprint density at radius 2 is 1.88 bits per heavy atom. The van der Waals surface area contributed by atoms with Crippen LogP contribution in [-0.4, -0.2) is 0 Å². The summed E-state index contributed by atoms with van der Waals surface area (Å²) in [5, 5.41) is 4.17. The topological polar surface area (TPSA) is 0 Å². The lowest BCUT2D eigenvalue weighted by atomic mass is 10.1. The van der Waals surface area contributed by atoms with Gasteiger partial charge in [-0.05, 0) is 22.4 Å². The fourth-order valence-corrected chi connectivity index (χ4v) is 2.85. The molecule has 0 amide bonds. The van der Waals surface area contributed by atoms with Gasteiger partial charge in [-0.3, -0.25) is 0 Å². The van der Waals surface area contributed by atoms with E-state index in [4.69, 9.17) is 0 Å². The van der Waals surface area contributed by atoms with Crippen molar-refractivity contribution in [1.29, 1.82) is 0 Å². The predicted molar refractivity (Wildman–Crippen MR) is 76.9 cm³/mol. The third-order valence-electron chi connectivity index (χ3n) is 2.49. The van der Waals surface area contributed by atoms with Crippen molar-refractivity contribution in [2.75, 3.05) is 0 Å². The Balaban J connectivity index is 2.07. The van der Waals surface area contributed by atoms with E-state index in [-0.39, 0.29) is 0 Å². The number of rotatable bonds is 6. The van der Waals surface area contributed by atoms with Crippen LogP contribution in [0.5, 0.6) is 0 Å². The minimum Gasteiger partial charge on any atom is -0.150 e. The molecule has 0 radical (unpaired) electrons. The van der Waals surface area contributed by atoms with Gasteiger partial charge in [0.25, 0.3) is 0 Å². The number of halogens is 1. The molecule has 0 spiro atoms. The normalized spacial score (nSPS) is 9.88. The molecule has 0 bridgehead atoms. The maximum absolute atomic E-state index is 3.49. The average molecular weight is 299 g/mol. The highest BCUT2D eigenvalue weighted by Crippen LogP contribution is 2.19. The van der Waals surface area contributed by atoms with Gasteiger partial charge in [0.1, 0.15) is 0 Å². The average Bonchev–Trinajstić information content (AvgIpc) is 2.68. The maximum atomic E-state index is 3.49. The van der Waals surface area contributed by atoms with Crippen molar-refractivity contribution in [3.05, 3.63) is 20.8 Å². The molecule has 0 unspecified atom stereocenters. The Morgan fingerprint density at radius 3 is 2.56 bits per heavy atom. The van der Waals surface area contributed by atoms with Gasteiger partial charge in [0.2, 0.25) is 0 Å². The summed E-state index contributed by atoms with van der Waals surface area (Å²) in [6.07, 6.45) is 9.09. The molecule has 1 rings (SSSR count). The van der Waals surface area contributed by atoms with Crippen LogP contribution in [0.1, 0.15) is 57.4 Å². The quantitative estimate of drug-likeness (QED) is 0.473. The molecule has 0 atom stereocenters. The van der Waals surface area contributed by atoms with Crippen LogP contribution in [-0.2, 0) is 0 Å². The SMILES string of the molecule is CCCCCCCCC#Cc1cscc1Br. The first-order valence-electron chi connectivity index (χ1n) is 6.05. The van der Waals surface area contributed by atoms with E-state index in [1.54, 1.807) is 11.3 Å². The van der Waals surface area contributed by atoms with E-state index in [1.165, 1.54) is 38.5 Å². The van der Waals surface area contributed by atoms with Crippen LogP contribution in [0.3, 0.4) is 0 Å². The Hall–Kier alpha value is -0.260. The van der Waals surface area contributed by atoms with Gasteiger partial charge in [-0.2, -0.15) is 0 Å². The van der Waals surface area contributed by atoms with Gasteiger partial charge in [-0.1, -0.05) is 50.9 Å². The Bertz CT molecular complexity index is 343. The van der Waals surface area contributed by atoms with Crippen molar-refractivity contribution in [2.24, 2.45) is 0 Å². The van der Waals surface area contributed by atoms with Gasteiger partial charge in [0.15, 0.2) is 0 Å². The van der Waals surface area contributed by atoms with Gasteiger partial charge in [-0.25, -0.2) is 0 Å². The van der Waals surface area contributed by atoms with E-state index in [9.17, 15) is 0 Å². The molecule has 0 fully saturated rings. The summed E-state index contributed by atoms with van der Waals surface area (Å²) in [4.78, 5) is 0. The monoisotopic (exact) mass is 298 g/mol. The van der Waals surface area contributed by atoms with Crippen LogP contribution in [0.15, 0.2) is 15.2 Å². The highest BCUT2D eigenvalue weighted by atomic mass is 79.9. The van der Waals surface area contributed by atoms with Crippen molar-refractivity contribution in [3.63, 3.8) is 0 Å². The first-order chi connectivity index (χ1) is 7.84. The molecule has 0 saturated heterocycles. The minimum absolute atomic E-state index is 1.04. The number of hydrogen-bond acceptors (Lipinski definition) is 1. The van der Waals surface area contributed by atoms with Gasteiger partial charge in [-0.15, -0.1) is 11.3 Å². The second kappa shape index (κ2) is 8.84. The molecule has 0 aliphatic heterocycles. The highest BCUT2D eigenvalue weighted by Gasteiger charge is 1.94. The van der Waals surface area contributed by atoms with Gasteiger partial charge in [0, 0.05) is 27.2 Å². The van der Waals surface area contributed by atoms with Crippen molar-refractivity contribution in [1.82, 2.24) is 0 Å². The lowest BCUT2D eigenvalue weighted by Gasteiger charge is -1.96. The van der Waals surface area contributed by atoms with Crippen molar-refractivity contribution in [3.8, 4) is 11.8 Å². The molecule has 1 aromatic rings. The molecule has 0 saturated carbocycles. The Morgan fingerprint density at radius 1 is 1.12 bits per heavy atom. The molecular weight excluding hydrogens is 280 g/mol. The summed E-state index contributed by atoms with van der Waals surface area (Å²) in [6.45, 7) is 2.25. The fourth-order valence-electron chi connectivity index (χ4n) is 1.52. The Labute approximate surface area is 112 Å². The molecule has 0 nitrogen and oxygen atoms in total. The molecule has 1 aromatic heterocycles. The van der Waals surface area contributed by atoms with Crippen LogP contribution in [0.2, 0.25) is 0 Å². The van der Waals surface area contributed by atoms with Crippen LogP contribution in [0, 0.1) is 11.8 Å². The zero-order valence-corrected chi connectivity index (χ0v) is 12.3. The van der Waals surface area contributed by atoms with Crippen LogP contribution in [0.4, 0.5) is 0 Å². The van der Waals surface area contributed by atoms with E-state index >= 15 is 0 Å². The summed E-state index contributed by atoms with van der Waals surface area (Å²) in [6, 6.07) is 0. The first-order valence-corrected chi connectivity index (χ1v) is 7.78. The molecule has 0 aliphatic rings. The summed E-state index contributed by atoms with van der Waals surface area (Å²) in [5.41, 5.74) is 1.14. The van der Waals surface area contributed by atoms with E-state index < -0.39 is 0 Å². The van der Waals surface area contributed by atoms with Crippen LogP contribution in [0.25, 0.3) is 0 Å². The lowest BCUT2D eigenvalue weighted by Crippen LogP contribution is -1.78. The third-order valence-corrected chi connectivity index (χ3v) is 4.20. The zero-order valence-electron chi connectivity index (χ0n) is 9.89. The number of hydrogen-bond donors (Lipinski definition) is 0. The molecule has 0 aliphatic carbocycles. The second-order valence-electron chi connectivity index (χ2n) is 3.95. The number of unbranched alkanes of at least 4 members (excludes halogenated alkanes) is 6. The molecule has 2 heteroatoms. The van der Waals surface area contributed by atoms with Gasteiger partial charge < -0.3 is 0 Å². The first kappa shape index (κ1) is 13.8. The smallest absolute Gasteiger partial charge is 0.0494 e. The fraction of sp³-hybridized carbons (Fsp3) is 0.571. The zero-order chi connectivity index (χ0) is 11.6. The highest BCUT2D eigenvalue weighted by molar-refractivity contribution is 9.10. The van der Waals surface area contributed by atoms with Crippen molar-refractivity contribution in [2.45, 2.75) is 51.9 Å². The molecule has 0 N–H and O–H groups in total. The lowest BCUT2D eigenvalue weighted by molar-refractivity contribution is 0.614. The van der Waals surface area contributed by atoms with E-state index in [0.717, 1.165) is 16.5 Å². The second-order valence-corrected chi connectivity index (χ2v) is 5.55. The molecule has 0 aromatic carbocycles. The predicted octanol–water partition coefficient (Wildman–Crippen LogP) is 5.61. The summed E-state index contributed by atoms with van der Waals surface area (Å²) in [7, 11) is 0. The van der Waals surface area contributed by atoms with Crippen LogP contribution >= 0.6 is 27.3 Å². The van der Waals surface area contributed by atoms with E-state index in [1.807, 2.05) is 0 Å². The van der Waals surface area contributed by atoms with Crippen LogP contribution < -0.4 is 0 Å². The molecular formula is C14H19BrS. The summed E-state index contributed by atoms with van der Waals surface area (Å²) in [5.74, 6) is 6.45. The van der Waals surface area contributed by atoms with Gasteiger partial charge in [0.05, 0.1) is 0 Å². The molecule has 1 heterocycles. The van der Waals surface area contributed by atoms with Gasteiger partial charge >= 0.3 is 0 Å². The summed E-state index contributed by atoms with van der Waals surface area (Å²) >= 11 is 5.18. The van der Waals surface area contributed by atoms with E-state index in [2.05, 4.69) is 45.5 Å². The van der Waals surface area contributed by atoms with Crippen molar-refractivity contribution >= 4 is 27.3 Å². The van der Waals surface area contributed by atoms with E-state index in [0.29, 0.717) is 0 Å².